The molecule has 1 rings (SSSR count). The molecule has 8 nitrogen and oxygen atoms in total. The highest BCUT2D eigenvalue weighted by Crippen LogP contribution is 2.18. The Morgan fingerprint density at radius 3 is 2.19 bits per heavy atom. The lowest BCUT2D eigenvalue weighted by atomic mass is 10.2. The van der Waals surface area contributed by atoms with Crippen LogP contribution < -0.4 is 15.2 Å². The van der Waals surface area contributed by atoms with E-state index in [0.717, 1.165) is 4.31 Å². The van der Waals surface area contributed by atoms with Crippen LogP contribution in [-0.2, 0) is 15.0 Å². The summed E-state index contributed by atoms with van der Waals surface area (Å²) in [5, 5.41) is 0. The zero-order valence-electron chi connectivity index (χ0n) is 12.2. The molecule has 1 aromatic carbocycles. The van der Waals surface area contributed by atoms with Crippen molar-refractivity contribution in [2.75, 3.05) is 16.8 Å². The molecule has 0 atom stereocenters. The van der Waals surface area contributed by atoms with Crippen molar-refractivity contribution in [2.24, 2.45) is 0 Å². The van der Waals surface area contributed by atoms with Gasteiger partial charge in [0.2, 0.25) is 0 Å². The number of carbonyl (C=O) groups is 1. The molecule has 0 aliphatic rings. The van der Waals surface area contributed by atoms with Crippen LogP contribution in [0.5, 0.6) is 0 Å². The van der Waals surface area contributed by atoms with E-state index < -0.39 is 22.0 Å². The Hall–Kier alpha value is -2.00. The number of nitrogens with one attached hydrogen (secondary N) is 2. The molecule has 0 heterocycles. The summed E-state index contributed by atoms with van der Waals surface area (Å²) in [6, 6.07) is 6.00. The number of hydrazine groups is 1. The van der Waals surface area contributed by atoms with Crippen molar-refractivity contribution in [3.8, 4) is 0 Å². The molecule has 0 aromatic heterocycles. The van der Waals surface area contributed by atoms with Gasteiger partial charge in [-0.2, -0.15) is 8.42 Å². The van der Waals surface area contributed by atoms with E-state index in [1.54, 1.807) is 20.8 Å². The summed E-state index contributed by atoms with van der Waals surface area (Å²) in [7, 11) is -3.07. The summed E-state index contributed by atoms with van der Waals surface area (Å²) in [5.41, 5.74) is 5.16. The number of hydrogen-bond donors (Lipinski definition) is 3. The minimum absolute atomic E-state index is 0.278. The molecule has 0 saturated carbocycles. The summed E-state index contributed by atoms with van der Waals surface area (Å²) in [6.45, 7) is 5.23. The Kier molecular flexibility index (Phi) is 5.02. The summed E-state index contributed by atoms with van der Waals surface area (Å²) in [4.78, 5) is 11.4. The molecule has 21 heavy (non-hydrogen) atoms. The molecule has 9 heteroatoms. The van der Waals surface area contributed by atoms with Gasteiger partial charge in [0.1, 0.15) is 5.60 Å². The predicted octanol–water partition coefficient (Wildman–Crippen LogP) is 1.78. The fourth-order valence-corrected chi connectivity index (χ4v) is 1.70. The van der Waals surface area contributed by atoms with E-state index >= 15 is 0 Å². The minimum atomic E-state index is -4.29. The van der Waals surface area contributed by atoms with Gasteiger partial charge in [0, 0.05) is 7.05 Å². The Morgan fingerprint density at radius 2 is 1.76 bits per heavy atom. The van der Waals surface area contributed by atoms with E-state index in [1.165, 1.54) is 31.3 Å². The van der Waals surface area contributed by atoms with Crippen LogP contribution in [0.1, 0.15) is 20.8 Å². The van der Waals surface area contributed by atoms with Crippen molar-refractivity contribution in [1.82, 2.24) is 5.43 Å². The molecule has 0 bridgehead atoms. The first kappa shape index (κ1) is 17.1. The van der Waals surface area contributed by atoms with Crippen molar-refractivity contribution >= 4 is 27.8 Å². The monoisotopic (exact) mass is 317 g/mol. The van der Waals surface area contributed by atoms with Crippen molar-refractivity contribution in [3.63, 3.8) is 0 Å². The number of hydrogen-bond acceptors (Lipinski definition) is 5. The highest BCUT2D eigenvalue weighted by Gasteiger charge is 2.16. The van der Waals surface area contributed by atoms with E-state index in [4.69, 9.17) is 9.29 Å². The van der Waals surface area contributed by atoms with Crippen LogP contribution in [0.4, 0.5) is 16.2 Å². The van der Waals surface area contributed by atoms with Crippen LogP contribution >= 0.6 is 0 Å². The lowest BCUT2D eigenvalue weighted by molar-refractivity contribution is 0.0541. The second-order valence-electron chi connectivity index (χ2n) is 5.24. The van der Waals surface area contributed by atoms with Crippen molar-refractivity contribution in [2.45, 2.75) is 26.4 Å². The zero-order chi connectivity index (χ0) is 16.3. The van der Waals surface area contributed by atoms with Gasteiger partial charge in [0.25, 0.3) is 0 Å². The van der Waals surface area contributed by atoms with Crippen LogP contribution in [0.3, 0.4) is 0 Å². The molecular weight excluding hydrogens is 298 g/mol. The minimum Gasteiger partial charge on any atom is -0.443 e. The fraction of sp³-hybridized carbons (Fsp3) is 0.417. The van der Waals surface area contributed by atoms with Gasteiger partial charge in [0.15, 0.2) is 0 Å². The number of benzene rings is 1. The lowest BCUT2D eigenvalue weighted by Crippen LogP contribution is -2.35. The van der Waals surface area contributed by atoms with Gasteiger partial charge >= 0.3 is 16.4 Å². The van der Waals surface area contributed by atoms with Gasteiger partial charge in [-0.1, -0.05) is 0 Å². The summed E-state index contributed by atoms with van der Waals surface area (Å²) >= 11 is 0. The maximum atomic E-state index is 11.4. The number of ether oxygens (including phenoxy) is 1. The van der Waals surface area contributed by atoms with Crippen LogP contribution in [0.15, 0.2) is 24.3 Å². The van der Waals surface area contributed by atoms with Crippen molar-refractivity contribution in [3.05, 3.63) is 24.3 Å². The maximum absolute atomic E-state index is 11.4. The van der Waals surface area contributed by atoms with Gasteiger partial charge in [-0.25, -0.2) is 10.2 Å². The van der Waals surface area contributed by atoms with Crippen LogP contribution in [0.25, 0.3) is 0 Å². The molecule has 1 amide bonds. The van der Waals surface area contributed by atoms with Gasteiger partial charge in [-0.15, -0.1) is 0 Å². The molecule has 118 valence electrons. The largest absolute Gasteiger partial charge is 0.443 e. The first-order chi connectivity index (χ1) is 9.49. The third kappa shape index (κ3) is 5.88. The van der Waals surface area contributed by atoms with E-state index in [9.17, 15) is 13.2 Å². The molecule has 0 unspecified atom stereocenters. The fourth-order valence-electron chi connectivity index (χ4n) is 1.31. The average molecular weight is 317 g/mol. The van der Waals surface area contributed by atoms with Crippen LogP contribution in [0.2, 0.25) is 0 Å². The van der Waals surface area contributed by atoms with Gasteiger partial charge < -0.3 is 4.74 Å². The topological polar surface area (TPSA) is 108 Å². The highest BCUT2D eigenvalue weighted by molar-refractivity contribution is 7.87. The summed E-state index contributed by atoms with van der Waals surface area (Å²) < 4.78 is 36.6. The summed E-state index contributed by atoms with van der Waals surface area (Å²) in [6.07, 6.45) is -0.637. The van der Waals surface area contributed by atoms with E-state index in [-0.39, 0.29) is 5.69 Å². The van der Waals surface area contributed by atoms with Gasteiger partial charge in [0.05, 0.1) is 11.4 Å². The Balaban J connectivity index is 2.62. The number of anilines is 2. The first-order valence-electron chi connectivity index (χ1n) is 6.05. The van der Waals surface area contributed by atoms with Crippen LogP contribution in [-0.4, -0.2) is 31.7 Å². The lowest BCUT2D eigenvalue weighted by Gasteiger charge is -2.20. The molecular formula is C12H19N3O5S. The Morgan fingerprint density at radius 1 is 1.24 bits per heavy atom. The normalized spacial score (nSPS) is 11.7. The standard InChI is InChI=1S/C12H19N3O5S/c1-12(2,3)20-11(16)14-13-9-5-7-10(8-6-9)15(4)21(17,18)19/h5-8,13H,1-4H3,(H,14,16)(H,17,18,19). The molecule has 0 radical (unpaired) electrons. The van der Waals surface area contributed by atoms with Crippen LogP contribution in [0, 0.1) is 0 Å². The second-order valence-corrected chi connectivity index (χ2v) is 6.69. The molecule has 0 aliphatic carbocycles. The molecule has 0 saturated heterocycles. The van der Waals surface area contributed by atoms with E-state index in [2.05, 4.69) is 10.9 Å². The number of nitrogens with zero attached hydrogens (tertiary/aromatic N) is 1. The highest BCUT2D eigenvalue weighted by atomic mass is 32.2. The Bertz CT molecular complexity index is 592. The number of amides is 1. The SMILES string of the molecule is CN(c1ccc(NNC(=O)OC(C)(C)C)cc1)S(=O)(=O)O. The molecule has 0 fully saturated rings. The zero-order valence-corrected chi connectivity index (χ0v) is 13.1. The summed E-state index contributed by atoms with van der Waals surface area (Å²) in [5.74, 6) is 0. The van der Waals surface area contributed by atoms with E-state index in [0.29, 0.717) is 5.69 Å². The van der Waals surface area contributed by atoms with Crippen molar-refractivity contribution < 1.29 is 22.5 Å². The third-order valence-corrected chi connectivity index (χ3v) is 3.19. The van der Waals surface area contributed by atoms with Gasteiger partial charge in [-0.3, -0.25) is 14.3 Å². The number of carbonyl (C=O) groups excluding carboxylic acids is 1. The quantitative estimate of drug-likeness (QED) is 0.577. The molecule has 0 aliphatic heterocycles. The Labute approximate surface area is 123 Å². The second kappa shape index (κ2) is 6.19. The molecule has 1 aromatic rings. The average Bonchev–Trinajstić information content (AvgIpc) is 2.33. The molecule has 3 N–H and O–H groups in total. The van der Waals surface area contributed by atoms with Gasteiger partial charge in [-0.05, 0) is 45.0 Å². The van der Waals surface area contributed by atoms with Crippen molar-refractivity contribution in [1.29, 1.82) is 0 Å². The number of rotatable bonds is 4. The predicted molar refractivity (Wildman–Crippen MR) is 79.4 cm³/mol. The smallest absolute Gasteiger partial charge is 0.426 e. The maximum Gasteiger partial charge on any atom is 0.426 e. The first-order valence-corrected chi connectivity index (χ1v) is 7.45. The van der Waals surface area contributed by atoms with E-state index in [1.807, 2.05) is 0 Å². The third-order valence-electron chi connectivity index (χ3n) is 2.28. The molecule has 0 spiro atoms.